The Morgan fingerprint density at radius 2 is 2.32 bits per heavy atom. The van der Waals surface area contributed by atoms with Gasteiger partial charge in [0.05, 0.1) is 5.69 Å². The Hall–Kier alpha value is -2.38. The van der Waals surface area contributed by atoms with E-state index in [0.717, 1.165) is 10.6 Å². The molecular weight excluding hydrogens is 300 g/mol. The molecule has 3 aromatic rings. The summed E-state index contributed by atoms with van der Waals surface area (Å²) in [4.78, 5) is 21.1. The highest BCUT2D eigenvalue weighted by Gasteiger charge is 2.07. The zero-order valence-corrected chi connectivity index (χ0v) is 12.8. The third-order valence-corrected chi connectivity index (χ3v) is 3.75. The number of ether oxygens (including phenoxy) is 1. The number of rotatable bonds is 5. The molecule has 0 spiro atoms. The molecule has 3 rings (SSSR count). The lowest BCUT2D eigenvalue weighted by Gasteiger charge is -1.94. The Morgan fingerprint density at radius 3 is 3.09 bits per heavy atom. The zero-order chi connectivity index (χ0) is 15.4. The van der Waals surface area contributed by atoms with Gasteiger partial charge >= 0.3 is 0 Å². The first kappa shape index (κ1) is 14.6. The monoisotopic (exact) mass is 314 g/mol. The van der Waals surface area contributed by atoms with Crippen LogP contribution in [-0.2, 0) is 11.3 Å². The molecule has 0 radical (unpaired) electrons. The molecule has 3 heterocycles. The standard InChI is InChI=1S/C15H14N4O2S/c1-2-21-10-13-18-19-14(20)8-12(17-15(19)22-13)6-5-11-4-3-7-16-9-11/h3-9H,2,10H2,1H3. The molecule has 0 saturated heterocycles. The van der Waals surface area contributed by atoms with Crippen LogP contribution >= 0.6 is 11.3 Å². The Balaban J connectivity index is 1.91. The van der Waals surface area contributed by atoms with Crippen molar-refractivity contribution in [3.63, 3.8) is 0 Å². The molecule has 0 amide bonds. The van der Waals surface area contributed by atoms with Gasteiger partial charge in [0.15, 0.2) is 0 Å². The van der Waals surface area contributed by atoms with Crippen molar-refractivity contribution in [3.05, 3.63) is 57.2 Å². The van der Waals surface area contributed by atoms with Crippen molar-refractivity contribution in [1.29, 1.82) is 0 Å². The maximum atomic E-state index is 12.1. The van der Waals surface area contributed by atoms with Gasteiger partial charge in [-0.3, -0.25) is 9.78 Å². The Kier molecular flexibility index (Phi) is 4.36. The lowest BCUT2D eigenvalue weighted by atomic mass is 10.2. The number of hydrogen-bond acceptors (Lipinski definition) is 6. The molecule has 0 unspecified atom stereocenters. The number of hydrogen-bond donors (Lipinski definition) is 0. The van der Waals surface area contributed by atoms with E-state index in [2.05, 4.69) is 15.1 Å². The van der Waals surface area contributed by atoms with E-state index < -0.39 is 0 Å². The van der Waals surface area contributed by atoms with Crippen molar-refractivity contribution in [1.82, 2.24) is 19.6 Å². The third-order valence-electron chi connectivity index (χ3n) is 2.87. The zero-order valence-electron chi connectivity index (χ0n) is 12.0. The highest BCUT2D eigenvalue weighted by molar-refractivity contribution is 7.16. The summed E-state index contributed by atoms with van der Waals surface area (Å²) in [6.07, 6.45) is 7.12. The van der Waals surface area contributed by atoms with Crippen molar-refractivity contribution in [2.45, 2.75) is 13.5 Å². The molecule has 112 valence electrons. The fraction of sp³-hybridized carbons (Fsp3) is 0.200. The largest absolute Gasteiger partial charge is 0.374 e. The van der Waals surface area contributed by atoms with E-state index in [9.17, 15) is 4.79 Å². The van der Waals surface area contributed by atoms with Gasteiger partial charge in [-0.05, 0) is 24.6 Å². The predicted molar refractivity (Wildman–Crippen MR) is 85.6 cm³/mol. The second-order valence-electron chi connectivity index (χ2n) is 4.47. The van der Waals surface area contributed by atoms with Gasteiger partial charge < -0.3 is 4.74 Å². The molecule has 22 heavy (non-hydrogen) atoms. The van der Waals surface area contributed by atoms with Crippen molar-refractivity contribution in [2.75, 3.05) is 6.61 Å². The molecule has 0 bridgehead atoms. The summed E-state index contributed by atoms with van der Waals surface area (Å²) in [6, 6.07) is 5.25. The molecule has 0 aromatic carbocycles. The van der Waals surface area contributed by atoms with Crippen LogP contribution in [0.25, 0.3) is 17.1 Å². The summed E-state index contributed by atoms with van der Waals surface area (Å²) in [7, 11) is 0. The molecule has 3 aromatic heterocycles. The van der Waals surface area contributed by atoms with Gasteiger partial charge in [-0.15, -0.1) is 0 Å². The van der Waals surface area contributed by atoms with E-state index in [0.29, 0.717) is 23.9 Å². The van der Waals surface area contributed by atoms with E-state index >= 15 is 0 Å². The fourth-order valence-corrected chi connectivity index (χ4v) is 2.70. The minimum Gasteiger partial charge on any atom is -0.374 e. The Labute approximate surface area is 130 Å². The molecule has 0 aliphatic carbocycles. The minimum atomic E-state index is -0.199. The molecule has 6 nitrogen and oxygen atoms in total. The average Bonchev–Trinajstić information content (AvgIpc) is 2.95. The van der Waals surface area contributed by atoms with Crippen molar-refractivity contribution in [3.8, 4) is 0 Å². The van der Waals surface area contributed by atoms with Crippen LogP contribution in [0.4, 0.5) is 0 Å². The number of fused-ring (bicyclic) bond motifs is 1. The van der Waals surface area contributed by atoms with E-state index in [-0.39, 0.29) is 5.56 Å². The smallest absolute Gasteiger partial charge is 0.275 e. The fourth-order valence-electron chi connectivity index (χ4n) is 1.86. The van der Waals surface area contributed by atoms with Gasteiger partial charge in [0.1, 0.15) is 11.6 Å². The number of nitrogens with zero attached hydrogens (tertiary/aromatic N) is 4. The number of aromatic nitrogens is 4. The second-order valence-corrected chi connectivity index (χ2v) is 5.51. The van der Waals surface area contributed by atoms with Gasteiger partial charge in [0.25, 0.3) is 5.56 Å². The van der Waals surface area contributed by atoms with Crippen molar-refractivity contribution in [2.24, 2.45) is 0 Å². The van der Waals surface area contributed by atoms with Crippen LogP contribution in [0.1, 0.15) is 23.2 Å². The summed E-state index contributed by atoms with van der Waals surface area (Å²) in [5.74, 6) is 0. The van der Waals surface area contributed by atoms with Crippen LogP contribution in [0.3, 0.4) is 0 Å². The summed E-state index contributed by atoms with van der Waals surface area (Å²) in [5, 5.41) is 4.95. The molecular formula is C15H14N4O2S. The topological polar surface area (TPSA) is 69.4 Å². The molecule has 0 aliphatic heterocycles. The van der Waals surface area contributed by atoms with Gasteiger partial charge in [-0.25, -0.2) is 4.98 Å². The lowest BCUT2D eigenvalue weighted by molar-refractivity contribution is 0.133. The highest BCUT2D eigenvalue weighted by atomic mass is 32.1. The number of pyridine rings is 1. The lowest BCUT2D eigenvalue weighted by Crippen LogP contribution is -2.14. The Bertz CT molecular complexity index is 855. The maximum absolute atomic E-state index is 12.1. The first-order valence-corrected chi connectivity index (χ1v) is 7.63. The van der Waals surface area contributed by atoms with E-state index in [4.69, 9.17) is 4.74 Å². The molecule has 0 fully saturated rings. The summed E-state index contributed by atoms with van der Waals surface area (Å²) in [6.45, 7) is 2.92. The van der Waals surface area contributed by atoms with Crippen molar-refractivity contribution >= 4 is 28.4 Å². The predicted octanol–water partition coefficient (Wildman–Crippen LogP) is 2.25. The average molecular weight is 314 g/mol. The first-order valence-electron chi connectivity index (χ1n) is 6.82. The third kappa shape index (κ3) is 3.26. The van der Waals surface area contributed by atoms with Crippen molar-refractivity contribution < 1.29 is 4.74 Å². The van der Waals surface area contributed by atoms with E-state index in [1.54, 1.807) is 18.5 Å². The SMILES string of the molecule is CCOCc1nn2c(=O)cc(C=Cc3cccnc3)nc2s1. The van der Waals surface area contributed by atoms with Gasteiger partial charge in [0, 0.05) is 25.1 Å². The molecule has 0 aliphatic rings. The molecule has 0 N–H and O–H groups in total. The van der Waals surface area contributed by atoms with Crippen LogP contribution in [0.5, 0.6) is 0 Å². The van der Waals surface area contributed by atoms with Gasteiger partial charge in [0.2, 0.25) is 4.96 Å². The van der Waals surface area contributed by atoms with Crippen LogP contribution in [0.15, 0.2) is 35.4 Å². The maximum Gasteiger partial charge on any atom is 0.275 e. The van der Waals surface area contributed by atoms with Crippen LogP contribution < -0.4 is 5.56 Å². The highest BCUT2D eigenvalue weighted by Crippen LogP contribution is 2.13. The molecule has 0 atom stereocenters. The van der Waals surface area contributed by atoms with Crippen LogP contribution in [-0.4, -0.2) is 26.2 Å². The second kappa shape index (κ2) is 6.59. The van der Waals surface area contributed by atoms with Crippen LogP contribution in [0.2, 0.25) is 0 Å². The van der Waals surface area contributed by atoms with E-state index in [1.807, 2.05) is 25.1 Å². The first-order chi connectivity index (χ1) is 10.8. The molecule has 0 saturated carbocycles. The minimum absolute atomic E-state index is 0.199. The van der Waals surface area contributed by atoms with Crippen LogP contribution in [0, 0.1) is 0 Å². The quantitative estimate of drug-likeness (QED) is 0.722. The summed E-state index contributed by atoms with van der Waals surface area (Å²) >= 11 is 1.36. The summed E-state index contributed by atoms with van der Waals surface area (Å²) in [5.41, 5.74) is 1.35. The van der Waals surface area contributed by atoms with Gasteiger partial charge in [-0.1, -0.05) is 23.5 Å². The molecule has 7 heteroatoms. The normalized spacial score (nSPS) is 11.5. The van der Waals surface area contributed by atoms with E-state index in [1.165, 1.54) is 21.9 Å². The Morgan fingerprint density at radius 1 is 1.41 bits per heavy atom. The summed E-state index contributed by atoms with van der Waals surface area (Å²) < 4.78 is 6.61. The van der Waals surface area contributed by atoms with Gasteiger partial charge in [-0.2, -0.15) is 9.61 Å².